The van der Waals surface area contributed by atoms with Gasteiger partial charge in [-0.1, -0.05) is 26.2 Å². The Morgan fingerprint density at radius 1 is 1.28 bits per heavy atom. The molecule has 1 saturated carbocycles. The average Bonchev–Trinajstić information content (AvgIpc) is 2.38. The molecule has 1 N–H and O–H groups in total. The van der Waals surface area contributed by atoms with E-state index in [0.29, 0.717) is 18.9 Å². The van der Waals surface area contributed by atoms with E-state index in [1.54, 1.807) is 0 Å². The van der Waals surface area contributed by atoms with Gasteiger partial charge in [0.1, 0.15) is 0 Å². The topological polar surface area (TPSA) is 38.3 Å². The van der Waals surface area contributed by atoms with Crippen molar-refractivity contribution in [1.82, 2.24) is 5.32 Å². The third kappa shape index (κ3) is 4.60. The van der Waals surface area contributed by atoms with Crippen LogP contribution < -0.4 is 5.32 Å². The van der Waals surface area contributed by atoms with E-state index in [2.05, 4.69) is 19.2 Å². The monoisotopic (exact) mass is 255 g/mol. The van der Waals surface area contributed by atoms with Crippen molar-refractivity contribution in [3.05, 3.63) is 0 Å². The van der Waals surface area contributed by atoms with Gasteiger partial charge in [-0.25, -0.2) is 0 Å². The number of ether oxygens (including phenoxy) is 1. The fourth-order valence-electron chi connectivity index (χ4n) is 3.01. The maximum Gasteiger partial charge on any atom is 0.307 e. The highest BCUT2D eigenvalue weighted by Gasteiger charge is 2.36. The number of esters is 1. The molecule has 0 amide bonds. The van der Waals surface area contributed by atoms with E-state index < -0.39 is 0 Å². The van der Waals surface area contributed by atoms with Crippen LogP contribution in [0.1, 0.15) is 65.7 Å². The van der Waals surface area contributed by atoms with E-state index in [0.717, 1.165) is 13.0 Å². The van der Waals surface area contributed by atoms with Crippen molar-refractivity contribution in [2.75, 3.05) is 13.2 Å². The predicted octanol–water partition coefficient (Wildman–Crippen LogP) is 3.28. The molecule has 1 aliphatic carbocycles. The number of carbonyl (C=O) groups is 1. The third-order valence-electron chi connectivity index (χ3n) is 4.10. The Bertz CT molecular complexity index is 249. The first-order valence-electron chi connectivity index (χ1n) is 7.53. The molecule has 0 aromatic heterocycles. The quantitative estimate of drug-likeness (QED) is 0.709. The Morgan fingerprint density at radius 3 is 2.50 bits per heavy atom. The van der Waals surface area contributed by atoms with Crippen molar-refractivity contribution in [2.24, 2.45) is 5.92 Å². The summed E-state index contributed by atoms with van der Waals surface area (Å²) in [5.74, 6) is 0.552. The summed E-state index contributed by atoms with van der Waals surface area (Å²) >= 11 is 0. The Labute approximate surface area is 112 Å². The molecule has 1 fully saturated rings. The van der Waals surface area contributed by atoms with Crippen LogP contribution in [0.5, 0.6) is 0 Å². The van der Waals surface area contributed by atoms with E-state index in [1.807, 2.05) is 6.92 Å². The van der Waals surface area contributed by atoms with Crippen LogP contribution in [0, 0.1) is 5.92 Å². The van der Waals surface area contributed by atoms with Gasteiger partial charge in [0.25, 0.3) is 0 Å². The van der Waals surface area contributed by atoms with Crippen LogP contribution in [-0.2, 0) is 9.53 Å². The van der Waals surface area contributed by atoms with Gasteiger partial charge in [-0.3, -0.25) is 4.79 Å². The average molecular weight is 255 g/mol. The largest absolute Gasteiger partial charge is 0.466 e. The lowest BCUT2D eigenvalue weighted by Crippen LogP contribution is -2.51. The van der Waals surface area contributed by atoms with Gasteiger partial charge < -0.3 is 10.1 Å². The Kier molecular flexibility index (Phi) is 6.69. The summed E-state index contributed by atoms with van der Waals surface area (Å²) in [4.78, 5) is 11.8. The summed E-state index contributed by atoms with van der Waals surface area (Å²) in [6.45, 7) is 7.70. The first-order chi connectivity index (χ1) is 8.62. The van der Waals surface area contributed by atoms with Crippen molar-refractivity contribution in [2.45, 2.75) is 71.3 Å². The maximum atomic E-state index is 11.8. The summed E-state index contributed by atoms with van der Waals surface area (Å²) in [6, 6.07) is 0. The molecule has 3 nitrogen and oxygen atoms in total. The molecule has 3 heteroatoms. The molecule has 0 aliphatic heterocycles. The molecule has 1 aliphatic rings. The van der Waals surface area contributed by atoms with Crippen LogP contribution in [-0.4, -0.2) is 24.7 Å². The maximum absolute atomic E-state index is 11.8. The van der Waals surface area contributed by atoms with E-state index in [-0.39, 0.29) is 11.5 Å². The summed E-state index contributed by atoms with van der Waals surface area (Å²) < 4.78 is 5.13. The highest BCUT2D eigenvalue weighted by molar-refractivity contribution is 5.70. The van der Waals surface area contributed by atoms with Gasteiger partial charge >= 0.3 is 5.97 Å². The van der Waals surface area contributed by atoms with Gasteiger partial charge in [-0.2, -0.15) is 0 Å². The van der Waals surface area contributed by atoms with E-state index in [1.165, 1.54) is 32.1 Å². The molecule has 0 radical (unpaired) electrons. The van der Waals surface area contributed by atoms with E-state index in [9.17, 15) is 4.79 Å². The normalized spacial score (nSPS) is 20.4. The zero-order valence-corrected chi connectivity index (χ0v) is 12.3. The van der Waals surface area contributed by atoms with E-state index >= 15 is 0 Å². The van der Waals surface area contributed by atoms with Gasteiger partial charge in [-0.15, -0.1) is 0 Å². The van der Waals surface area contributed by atoms with Crippen LogP contribution >= 0.6 is 0 Å². The van der Waals surface area contributed by atoms with Crippen molar-refractivity contribution in [1.29, 1.82) is 0 Å². The molecule has 1 rings (SSSR count). The van der Waals surface area contributed by atoms with Gasteiger partial charge in [0.2, 0.25) is 0 Å². The molecule has 0 aromatic rings. The second-order valence-corrected chi connectivity index (χ2v) is 5.66. The molecule has 18 heavy (non-hydrogen) atoms. The van der Waals surface area contributed by atoms with Gasteiger partial charge in [-0.05, 0) is 45.6 Å². The minimum atomic E-state index is -0.0807. The first-order valence-corrected chi connectivity index (χ1v) is 7.53. The van der Waals surface area contributed by atoms with Crippen molar-refractivity contribution in [3.63, 3.8) is 0 Å². The lowest BCUT2D eigenvalue weighted by atomic mass is 9.74. The Morgan fingerprint density at radius 2 is 1.94 bits per heavy atom. The molecule has 1 atom stereocenters. The predicted molar refractivity (Wildman–Crippen MR) is 74.5 cm³/mol. The van der Waals surface area contributed by atoms with Crippen LogP contribution in [0.25, 0.3) is 0 Å². The minimum absolute atomic E-state index is 0.0609. The summed E-state index contributed by atoms with van der Waals surface area (Å²) in [7, 11) is 0. The highest BCUT2D eigenvalue weighted by Crippen LogP contribution is 2.34. The van der Waals surface area contributed by atoms with Crippen molar-refractivity contribution >= 4 is 5.97 Å². The van der Waals surface area contributed by atoms with Gasteiger partial charge in [0.05, 0.1) is 13.0 Å². The smallest absolute Gasteiger partial charge is 0.307 e. The van der Waals surface area contributed by atoms with Crippen LogP contribution in [0.15, 0.2) is 0 Å². The minimum Gasteiger partial charge on any atom is -0.466 e. The molecule has 1 unspecified atom stereocenters. The Hall–Kier alpha value is -0.570. The molecule has 0 bridgehead atoms. The van der Waals surface area contributed by atoms with Crippen LogP contribution in [0.3, 0.4) is 0 Å². The molecule has 0 aromatic carbocycles. The summed E-state index contributed by atoms with van der Waals surface area (Å²) in [5, 5.41) is 3.60. The molecular weight excluding hydrogens is 226 g/mol. The standard InChI is InChI=1S/C15H29NO2/c1-4-11-16-15(3,12-14(17)18-5-2)13-9-7-6-8-10-13/h13,16H,4-12H2,1-3H3. The Balaban J connectivity index is 2.63. The lowest BCUT2D eigenvalue weighted by molar-refractivity contribution is -0.145. The lowest BCUT2D eigenvalue weighted by Gasteiger charge is -2.40. The zero-order chi connectivity index (χ0) is 13.4. The number of hydrogen-bond donors (Lipinski definition) is 1. The molecule has 0 spiro atoms. The van der Waals surface area contributed by atoms with Crippen LogP contribution in [0.2, 0.25) is 0 Å². The van der Waals surface area contributed by atoms with Gasteiger partial charge in [0, 0.05) is 5.54 Å². The van der Waals surface area contributed by atoms with Crippen molar-refractivity contribution < 1.29 is 9.53 Å². The highest BCUT2D eigenvalue weighted by atomic mass is 16.5. The molecule has 0 saturated heterocycles. The first kappa shape index (κ1) is 15.5. The third-order valence-corrected chi connectivity index (χ3v) is 4.10. The van der Waals surface area contributed by atoms with E-state index in [4.69, 9.17) is 4.74 Å². The molecular formula is C15H29NO2. The number of nitrogens with one attached hydrogen (secondary N) is 1. The number of hydrogen-bond acceptors (Lipinski definition) is 3. The van der Waals surface area contributed by atoms with Crippen molar-refractivity contribution in [3.8, 4) is 0 Å². The fourth-order valence-corrected chi connectivity index (χ4v) is 3.01. The molecule has 106 valence electrons. The fraction of sp³-hybridized carbons (Fsp3) is 0.933. The van der Waals surface area contributed by atoms with Crippen LogP contribution in [0.4, 0.5) is 0 Å². The number of rotatable bonds is 7. The van der Waals surface area contributed by atoms with Gasteiger partial charge in [0.15, 0.2) is 0 Å². The second kappa shape index (κ2) is 7.78. The molecule has 0 heterocycles. The second-order valence-electron chi connectivity index (χ2n) is 5.66. The zero-order valence-electron chi connectivity index (χ0n) is 12.3. The number of carbonyl (C=O) groups excluding carboxylic acids is 1. The SMILES string of the molecule is CCCNC(C)(CC(=O)OCC)C1CCCCC1. The summed E-state index contributed by atoms with van der Waals surface area (Å²) in [5.41, 5.74) is -0.0807. The summed E-state index contributed by atoms with van der Waals surface area (Å²) in [6.07, 6.45) is 8.05.